The van der Waals surface area contributed by atoms with Crippen LogP contribution in [0, 0.1) is 0 Å². The van der Waals surface area contributed by atoms with E-state index in [9.17, 15) is 9.59 Å². The molecule has 0 unspecified atom stereocenters. The Morgan fingerprint density at radius 2 is 1.32 bits per heavy atom. The van der Waals surface area contributed by atoms with Gasteiger partial charge in [0.2, 0.25) is 0 Å². The number of ether oxygens (including phenoxy) is 1. The smallest absolute Gasteiger partial charge is 0.356 e. The highest BCUT2D eigenvalue weighted by molar-refractivity contribution is 5.94. The molecule has 19 heavy (non-hydrogen) atoms. The van der Waals surface area contributed by atoms with Crippen molar-refractivity contribution in [1.29, 1.82) is 0 Å². The molecule has 5 heteroatoms. The predicted octanol–water partition coefficient (Wildman–Crippen LogP) is 1.94. The summed E-state index contributed by atoms with van der Waals surface area (Å²) in [7, 11) is 0. The standard InChI is InChI=1S/C14H11NO4/c15-19-14(17)11-8-6-10(7-9-11)13(16)18-12-4-2-1-3-5-12/h1-9H,15H2. The molecular formula is C14H11NO4. The summed E-state index contributed by atoms with van der Waals surface area (Å²) in [5.41, 5.74) is 0.594. The molecule has 0 bridgehead atoms. The van der Waals surface area contributed by atoms with Gasteiger partial charge >= 0.3 is 11.9 Å². The van der Waals surface area contributed by atoms with Crippen LogP contribution in [0.1, 0.15) is 20.7 Å². The van der Waals surface area contributed by atoms with Gasteiger partial charge in [0.1, 0.15) is 5.75 Å². The van der Waals surface area contributed by atoms with Crippen LogP contribution < -0.4 is 10.6 Å². The number of para-hydroxylation sites is 1. The fourth-order valence-corrected chi connectivity index (χ4v) is 1.46. The first-order valence-electron chi connectivity index (χ1n) is 5.49. The van der Waals surface area contributed by atoms with Gasteiger partial charge in [0.15, 0.2) is 0 Å². The fourth-order valence-electron chi connectivity index (χ4n) is 1.46. The van der Waals surface area contributed by atoms with Gasteiger partial charge in [-0.1, -0.05) is 18.2 Å². The highest BCUT2D eigenvalue weighted by Crippen LogP contribution is 2.12. The summed E-state index contributed by atoms with van der Waals surface area (Å²) in [6.45, 7) is 0. The average Bonchev–Trinajstić information content (AvgIpc) is 2.47. The molecule has 0 atom stereocenters. The summed E-state index contributed by atoms with van der Waals surface area (Å²) >= 11 is 0. The Morgan fingerprint density at radius 3 is 1.84 bits per heavy atom. The Morgan fingerprint density at radius 1 is 0.789 bits per heavy atom. The van der Waals surface area contributed by atoms with Crippen LogP contribution in [0.15, 0.2) is 54.6 Å². The van der Waals surface area contributed by atoms with E-state index in [1.807, 2.05) is 6.07 Å². The molecule has 2 rings (SSSR count). The van der Waals surface area contributed by atoms with Crippen LogP contribution in [0.25, 0.3) is 0 Å². The molecule has 0 aromatic heterocycles. The fraction of sp³-hybridized carbons (Fsp3) is 0. The van der Waals surface area contributed by atoms with Crippen molar-refractivity contribution in [2.75, 3.05) is 0 Å². The lowest BCUT2D eigenvalue weighted by Gasteiger charge is -2.04. The third-order valence-corrected chi connectivity index (χ3v) is 2.42. The number of esters is 1. The first kappa shape index (κ1) is 12.8. The van der Waals surface area contributed by atoms with Crippen molar-refractivity contribution in [2.24, 2.45) is 5.90 Å². The summed E-state index contributed by atoms with van der Waals surface area (Å²) < 4.78 is 5.15. The molecule has 96 valence electrons. The molecule has 2 aromatic carbocycles. The van der Waals surface area contributed by atoms with Crippen LogP contribution in [0.3, 0.4) is 0 Å². The topological polar surface area (TPSA) is 78.6 Å². The van der Waals surface area contributed by atoms with Crippen LogP contribution in [0.5, 0.6) is 5.75 Å². The molecule has 0 aliphatic carbocycles. The Kier molecular flexibility index (Phi) is 3.90. The van der Waals surface area contributed by atoms with Crippen molar-refractivity contribution < 1.29 is 19.2 Å². The molecule has 0 fully saturated rings. The molecular weight excluding hydrogens is 246 g/mol. The normalized spacial score (nSPS) is 9.74. The first-order valence-corrected chi connectivity index (χ1v) is 5.49. The van der Waals surface area contributed by atoms with E-state index in [1.54, 1.807) is 24.3 Å². The van der Waals surface area contributed by atoms with Gasteiger partial charge in [-0.05, 0) is 36.4 Å². The van der Waals surface area contributed by atoms with Crippen molar-refractivity contribution in [3.05, 3.63) is 65.7 Å². The Balaban J connectivity index is 2.10. The Hall–Kier alpha value is -2.66. The number of benzene rings is 2. The van der Waals surface area contributed by atoms with E-state index in [1.165, 1.54) is 24.3 Å². The van der Waals surface area contributed by atoms with E-state index in [0.717, 1.165) is 0 Å². The number of hydrogen-bond acceptors (Lipinski definition) is 5. The molecule has 2 aromatic rings. The highest BCUT2D eigenvalue weighted by Gasteiger charge is 2.10. The molecule has 0 saturated carbocycles. The lowest BCUT2D eigenvalue weighted by atomic mass is 10.1. The van der Waals surface area contributed by atoms with E-state index < -0.39 is 11.9 Å². The van der Waals surface area contributed by atoms with Gasteiger partial charge < -0.3 is 9.57 Å². The van der Waals surface area contributed by atoms with Crippen LogP contribution >= 0.6 is 0 Å². The second kappa shape index (κ2) is 5.79. The van der Waals surface area contributed by atoms with E-state index in [2.05, 4.69) is 4.84 Å². The zero-order valence-corrected chi connectivity index (χ0v) is 9.91. The van der Waals surface area contributed by atoms with Crippen molar-refractivity contribution >= 4 is 11.9 Å². The first-order chi connectivity index (χ1) is 9.20. The van der Waals surface area contributed by atoms with Crippen molar-refractivity contribution in [2.45, 2.75) is 0 Å². The maximum atomic E-state index is 11.8. The zero-order chi connectivity index (χ0) is 13.7. The minimum absolute atomic E-state index is 0.263. The molecule has 2 N–H and O–H groups in total. The van der Waals surface area contributed by atoms with Gasteiger partial charge in [0.25, 0.3) is 0 Å². The van der Waals surface area contributed by atoms with Gasteiger partial charge in [0.05, 0.1) is 11.1 Å². The molecule has 0 saturated heterocycles. The summed E-state index contributed by atoms with van der Waals surface area (Å²) in [6, 6.07) is 14.5. The molecule has 0 amide bonds. The Bertz CT molecular complexity index is 578. The highest BCUT2D eigenvalue weighted by atomic mass is 16.7. The largest absolute Gasteiger partial charge is 0.423 e. The van der Waals surface area contributed by atoms with Gasteiger partial charge in [-0.15, -0.1) is 0 Å². The van der Waals surface area contributed by atoms with Crippen LogP contribution in [0.4, 0.5) is 0 Å². The monoisotopic (exact) mass is 257 g/mol. The average molecular weight is 257 g/mol. The van der Waals surface area contributed by atoms with E-state index in [-0.39, 0.29) is 5.56 Å². The van der Waals surface area contributed by atoms with Crippen LogP contribution in [0.2, 0.25) is 0 Å². The molecule has 5 nitrogen and oxygen atoms in total. The van der Waals surface area contributed by atoms with Gasteiger partial charge in [-0.2, -0.15) is 5.90 Å². The predicted molar refractivity (Wildman–Crippen MR) is 67.4 cm³/mol. The second-order valence-electron chi connectivity index (χ2n) is 3.69. The second-order valence-corrected chi connectivity index (χ2v) is 3.69. The maximum Gasteiger partial charge on any atom is 0.356 e. The summed E-state index contributed by atoms with van der Waals surface area (Å²) in [6.07, 6.45) is 0. The molecule has 0 aliphatic rings. The third kappa shape index (κ3) is 3.17. The van der Waals surface area contributed by atoms with Gasteiger partial charge in [-0.3, -0.25) is 0 Å². The number of nitrogens with two attached hydrogens (primary N) is 1. The molecule has 0 aliphatic heterocycles. The molecule has 0 heterocycles. The number of carbonyl (C=O) groups excluding carboxylic acids is 2. The quantitative estimate of drug-likeness (QED) is 0.516. The third-order valence-electron chi connectivity index (χ3n) is 2.42. The lowest BCUT2D eigenvalue weighted by Crippen LogP contribution is -2.11. The van der Waals surface area contributed by atoms with E-state index in [4.69, 9.17) is 10.6 Å². The SMILES string of the molecule is NOC(=O)c1ccc(C(=O)Oc2ccccc2)cc1. The van der Waals surface area contributed by atoms with Crippen molar-refractivity contribution in [3.63, 3.8) is 0 Å². The van der Waals surface area contributed by atoms with Crippen molar-refractivity contribution in [3.8, 4) is 5.75 Å². The lowest BCUT2D eigenvalue weighted by molar-refractivity contribution is 0.0502. The summed E-state index contributed by atoms with van der Waals surface area (Å²) in [5.74, 6) is 4.05. The summed E-state index contributed by atoms with van der Waals surface area (Å²) in [5, 5.41) is 0. The van der Waals surface area contributed by atoms with Gasteiger partial charge in [-0.25, -0.2) is 9.59 Å². The van der Waals surface area contributed by atoms with E-state index >= 15 is 0 Å². The molecule has 0 radical (unpaired) electrons. The van der Waals surface area contributed by atoms with Crippen LogP contribution in [-0.4, -0.2) is 11.9 Å². The maximum absolute atomic E-state index is 11.8. The van der Waals surface area contributed by atoms with Crippen molar-refractivity contribution in [1.82, 2.24) is 0 Å². The number of rotatable bonds is 3. The van der Waals surface area contributed by atoms with Crippen LogP contribution in [-0.2, 0) is 4.84 Å². The molecule has 0 spiro atoms. The zero-order valence-electron chi connectivity index (χ0n) is 9.91. The summed E-state index contributed by atoms with van der Waals surface area (Å²) in [4.78, 5) is 27.0. The number of hydrogen-bond donors (Lipinski definition) is 1. The Labute approximate surface area is 109 Å². The number of carbonyl (C=O) groups is 2. The van der Waals surface area contributed by atoms with E-state index in [0.29, 0.717) is 11.3 Å². The minimum atomic E-state index is -0.664. The van der Waals surface area contributed by atoms with Gasteiger partial charge in [0, 0.05) is 0 Å². The minimum Gasteiger partial charge on any atom is -0.423 e.